The smallest absolute Gasteiger partial charge is 0.122 e. The van der Waals surface area contributed by atoms with E-state index in [2.05, 4.69) is 18.3 Å². The van der Waals surface area contributed by atoms with Gasteiger partial charge >= 0.3 is 0 Å². The molecule has 0 saturated carbocycles. The predicted molar refractivity (Wildman–Crippen MR) is 75.6 cm³/mol. The molecule has 1 aromatic carbocycles. The van der Waals surface area contributed by atoms with Crippen molar-refractivity contribution in [2.24, 2.45) is 0 Å². The van der Waals surface area contributed by atoms with E-state index >= 15 is 0 Å². The van der Waals surface area contributed by atoms with Gasteiger partial charge in [-0.25, -0.2) is 0 Å². The van der Waals surface area contributed by atoms with Crippen molar-refractivity contribution in [1.29, 1.82) is 0 Å². The molecule has 0 aromatic heterocycles. The fraction of sp³-hybridized carbons (Fsp3) is 0.600. The fourth-order valence-corrected chi connectivity index (χ4v) is 2.19. The highest BCUT2D eigenvalue weighted by molar-refractivity contribution is 5.40. The summed E-state index contributed by atoms with van der Waals surface area (Å²) < 4.78 is 10.7. The minimum Gasteiger partial charge on any atom is -0.497 e. The van der Waals surface area contributed by atoms with Crippen LogP contribution in [0.25, 0.3) is 0 Å². The number of aryl methyl sites for hydroxylation is 1. The maximum Gasteiger partial charge on any atom is 0.122 e. The van der Waals surface area contributed by atoms with Gasteiger partial charge < -0.3 is 14.8 Å². The van der Waals surface area contributed by atoms with Crippen LogP contribution in [0.2, 0.25) is 0 Å². The van der Waals surface area contributed by atoms with Crippen molar-refractivity contribution in [3.05, 3.63) is 23.8 Å². The van der Waals surface area contributed by atoms with Crippen molar-refractivity contribution >= 4 is 0 Å². The lowest BCUT2D eigenvalue weighted by Crippen LogP contribution is -2.25. The van der Waals surface area contributed by atoms with Gasteiger partial charge in [0.05, 0.1) is 14.2 Å². The Morgan fingerprint density at radius 1 is 1.17 bits per heavy atom. The summed E-state index contributed by atoms with van der Waals surface area (Å²) in [5.41, 5.74) is 1.22. The number of benzene rings is 1. The predicted octanol–water partition coefficient (Wildman–Crippen LogP) is 3.02. The molecule has 0 aliphatic rings. The van der Waals surface area contributed by atoms with E-state index in [0.29, 0.717) is 6.04 Å². The lowest BCUT2D eigenvalue weighted by atomic mass is 10.0. The Labute approximate surface area is 110 Å². The number of rotatable bonds is 8. The van der Waals surface area contributed by atoms with Crippen molar-refractivity contribution in [2.45, 2.75) is 38.6 Å². The zero-order valence-electron chi connectivity index (χ0n) is 12.0. The maximum atomic E-state index is 5.39. The van der Waals surface area contributed by atoms with Gasteiger partial charge in [0.1, 0.15) is 11.5 Å². The highest BCUT2D eigenvalue weighted by Crippen LogP contribution is 2.25. The van der Waals surface area contributed by atoms with Crippen molar-refractivity contribution in [1.82, 2.24) is 5.32 Å². The summed E-state index contributed by atoms with van der Waals surface area (Å²) in [6.45, 7) is 2.22. The first-order valence-corrected chi connectivity index (χ1v) is 6.63. The summed E-state index contributed by atoms with van der Waals surface area (Å²) in [6.07, 6.45) is 4.54. The third kappa shape index (κ3) is 4.22. The Morgan fingerprint density at radius 2 is 1.94 bits per heavy atom. The topological polar surface area (TPSA) is 30.5 Å². The first-order valence-electron chi connectivity index (χ1n) is 6.63. The summed E-state index contributed by atoms with van der Waals surface area (Å²) in [5.74, 6) is 1.84. The third-order valence-electron chi connectivity index (χ3n) is 3.30. The molecule has 18 heavy (non-hydrogen) atoms. The van der Waals surface area contributed by atoms with Crippen LogP contribution in [-0.2, 0) is 6.42 Å². The van der Waals surface area contributed by atoms with Gasteiger partial charge in [0.25, 0.3) is 0 Å². The molecule has 0 aliphatic carbocycles. The second kappa shape index (κ2) is 7.98. The van der Waals surface area contributed by atoms with Crippen LogP contribution in [-0.4, -0.2) is 27.3 Å². The van der Waals surface area contributed by atoms with E-state index in [1.165, 1.54) is 18.4 Å². The Bertz CT molecular complexity index is 352. The van der Waals surface area contributed by atoms with Gasteiger partial charge in [0.2, 0.25) is 0 Å². The number of methoxy groups -OCH3 is 2. The molecule has 3 heteroatoms. The molecule has 1 N–H and O–H groups in total. The molecule has 0 saturated heterocycles. The molecule has 0 radical (unpaired) electrons. The molecule has 1 atom stereocenters. The van der Waals surface area contributed by atoms with Crippen LogP contribution in [0.4, 0.5) is 0 Å². The molecule has 1 aromatic rings. The summed E-state index contributed by atoms with van der Waals surface area (Å²) in [6, 6.07) is 6.55. The van der Waals surface area contributed by atoms with Crippen LogP contribution >= 0.6 is 0 Å². The van der Waals surface area contributed by atoms with Crippen LogP contribution in [0.1, 0.15) is 31.7 Å². The lowest BCUT2D eigenvalue weighted by Gasteiger charge is -2.16. The van der Waals surface area contributed by atoms with Crippen molar-refractivity contribution in [3.63, 3.8) is 0 Å². The zero-order chi connectivity index (χ0) is 13.4. The maximum absolute atomic E-state index is 5.39. The van der Waals surface area contributed by atoms with Gasteiger partial charge in [-0.1, -0.05) is 13.3 Å². The van der Waals surface area contributed by atoms with Gasteiger partial charge in [0, 0.05) is 6.04 Å². The molecule has 0 fully saturated rings. The summed E-state index contributed by atoms with van der Waals surface area (Å²) in [5, 5.41) is 3.37. The van der Waals surface area contributed by atoms with E-state index in [4.69, 9.17) is 9.47 Å². The monoisotopic (exact) mass is 251 g/mol. The molecule has 1 unspecified atom stereocenters. The van der Waals surface area contributed by atoms with Crippen molar-refractivity contribution in [3.8, 4) is 11.5 Å². The van der Waals surface area contributed by atoms with E-state index < -0.39 is 0 Å². The van der Waals surface area contributed by atoms with Crippen LogP contribution in [0.5, 0.6) is 11.5 Å². The van der Waals surface area contributed by atoms with Gasteiger partial charge in [-0.2, -0.15) is 0 Å². The molecule has 0 heterocycles. The van der Waals surface area contributed by atoms with Gasteiger partial charge in [-0.15, -0.1) is 0 Å². The second-order valence-corrected chi connectivity index (χ2v) is 4.49. The van der Waals surface area contributed by atoms with Gasteiger partial charge in [-0.3, -0.25) is 0 Å². The van der Waals surface area contributed by atoms with E-state index in [9.17, 15) is 0 Å². The minimum absolute atomic E-state index is 0.575. The number of hydrogen-bond acceptors (Lipinski definition) is 3. The molecule has 0 amide bonds. The van der Waals surface area contributed by atoms with E-state index in [-0.39, 0.29) is 0 Å². The van der Waals surface area contributed by atoms with E-state index in [0.717, 1.165) is 24.3 Å². The van der Waals surface area contributed by atoms with Gasteiger partial charge in [-0.05, 0) is 50.1 Å². The van der Waals surface area contributed by atoms with Crippen LogP contribution in [0, 0.1) is 0 Å². The highest BCUT2D eigenvalue weighted by atomic mass is 16.5. The van der Waals surface area contributed by atoms with Crippen LogP contribution in [0.3, 0.4) is 0 Å². The Balaban J connectivity index is 2.69. The molecule has 0 aliphatic heterocycles. The van der Waals surface area contributed by atoms with Gasteiger partial charge in [0.15, 0.2) is 0 Å². The zero-order valence-corrected chi connectivity index (χ0v) is 12.0. The normalized spacial score (nSPS) is 12.2. The summed E-state index contributed by atoms with van der Waals surface area (Å²) >= 11 is 0. The van der Waals surface area contributed by atoms with E-state index in [1.54, 1.807) is 14.2 Å². The second-order valence-electron chi connectivity index (χ2n) is 4.49. The quantitative estimate of drug-likeness (QED) is 0.770. The molecular weight excluding hydrogens is 226 g/mol. The number of nitrogens with one attached hydrogen (secondary N) is 1. The molecule has 0 bridgehead atoms. The first-order chi connectivity index (χ1) is 8.74. The number of hydrogen-bond donors (Lipinski definition) is 1. The van der Waals surface area contributed by atoms with Crippen molar-refractivity contribution < 1.29 is 9.47 Å². The standard InChI is InChI=1S/C15H25NO2/c1-5-6-13(16-2)8-7-12-11-14(17-3)9-10-15(12)18-4/h9-11,13,16H,5-8H2,1-4H3. The highest BCUT2D eigenvalue weighted by Gasteiger charge is 2.09. The SMILES string of the molecule is CCCC(CCc1cc(OC)ccc1OC)NC. The average molecular weight is 251 g/mol. The minimum atomic E-state index is 0.575. The largest absolute Gasteiger partial charge is 0.497 e. The lowest BCUT2D eigenvalue weighted by molar-refractivity contribution is 0.396. The molecule has 0 spiro atoms. The number of ether oxygens (including phenoxy) is 2. The Hall–Kier alpha value is -1.22. The first kappa shape index (κ1) is 14.8. The average Bonchev–Trinajstić information content (AvgIpc) is 2.43. The molecular formula is C15H25NO2. The van der Waals surface area contributed by atoms with Crippen molar-refractivity contribution in [2.75, 3.05) is 21.3 Å². The Kier molecular flexibility index (Phi) is 6.58. The molecule has 1 rings (SSSR count). The Morgan fingerprint density at radius 3 is 2.50 bits per heavy atom. The van der Waals surface area contributed by atoms with E-state index in [1.807, 2.05) is 19.2 Å². The summed E-state index contributed by atoms with van der Waals surface area (Å²) in [4.78, 5) is 0. The molecule has 102 valence electrons. The fourth-order valence-electron chi connectivity index (χ4n) is 2.19. The molecule has 3 nitrogen and oxygen atoms in total. The van der Waals surface area contributed by atoms with Crippen LogP contribution < -0.4 is 14.8 Å². The van der Waals surface area contributed by atoms with Crippen LogP contribution in [0.15, 0.2) is 18.2 Å². The third-order valence-corrected chi connectivity index (χ3v) is 3.30. The summed E-state index contributed by atoms with van der Waals surface area (Å²) in [7, 11) is 5.44.